The van der Waals surface area contributed by atoms with Gasteiger partial charge in [-0.15, -0.1) is 6.58 Å². The maximum atomic E-state index is 12.9. The van der Waals surface area contributed by atoms with Crippen LogP contribution in [0.1, 0.15) is 45.4 Å². The summed E-state index contributed by atoms with van der Waals surface area (Å²) >= 11 is 0. The molecule has 5 aliphatic heterocycles. The van der Waals surface area contributed by atoms with Gasteiger partial charge in [0, 0.05) is 12.6 Å². The molecule has 2 amide bonds. The summed E-state index contributed by atoms with van der Waals surface area (Å²) in [5.41, 5.74) is -1.50. The van der Waals surface area contributed by atoms with Crippen molar-refractivity contribution in [2.75, 3.05) is 6.54 Å². The first kappa shape index (κ1) is 17.4. The van der Waals surface area contributed by atoms with E-state index in [4.69, 9.17) is 0 Å². The highest BCUT2D eigenvalue weighted by atomic mass is 16.3. The van der Waals surface area contributed by atoms with Gasteiger partial charge >= 0.3 is 0 Å². The molecule has 1 saturated carbocycles. The molecule has 5 saturated heterocycles. The van der Waals surface area contributed by atoms with Crippen molar-refractivity contribution in [1.82, 2.24) is 10.2 Å². The van der Waals surface area contributed by atoms with Crippen molar-refractivity contribution < 1.29 is 19.8 Å². The monoisotopic (exact) mass is 336 g/mol. The van der Waals surface area contributed by atoms with Crippen LogP contribution in [0.25, 0.3) is 0 Å². The van der Waals surface area contributed by atoms with E-state index in [2.05, 4.69) is 18.8 Å². The van der Waals surface area contributed by atoms with Gasteiger partial charge in [0.2, 0.25) is 11.8 Å². The molecule has 0 unspecified atom stereocenters. The minimum Gasteiger partial charge on any atom is -0.388 e. The quantitative estimate of drug-likeness (QED) is 0.619. The zero-order valence-corrected chi connectivity index (χ0v) is 14.3. The normalized spacial score (nSPS) is 41.1. The van der Waals surface area contributed by atoms with Gasteiger partial charge in [0.1, 0.15) is 11.7 Å². The molecule has 0 aromatic carbocycles. The number of hydrogen-bond donors (Lipinski definition) is 3. The smallest absolute Gasteiger partial charge is 0.228 e. The predicted octanol–water partition coefficient (Wildman–Crippen LogP) is 0.580. The van der Waals surface area contributed by atoms with E-state index in [-0.39, 0.29) is 24.3 Å². The van der Waals surface area contributed by atoms with Crippen LogP contribution in [0.4, 0.5) is 0 Å². The number of nitrogens with zero attached hydrogens (tertiary/aromatic N) is 1. The van der Waals surface area contributed by atoms with Crippen LogP contribution in [0.3, 0.4) is 0 Å². The molecule has 24 heavy (non-hydrogen) atoms. The number of piperidine rings is 2. The molecule has 3 N–H and O–H groups in total. The van der Waals surface area contributed by atoms with Crippen molar-refractivity contribution in [3.8, 4) is 0 Å². The molecule has 6 nitrogen and oxygen atoms in total. The van der Waals surface area contributed by atoms with Gasteiger partial charge < -0.3 is 20.4 Å². The highest BCUT2D eigenvalue weighted by Crippen LogP contribution is 2.46. The Hall–Kier alpha value is -1.40. The Morgan fingerprint density at radius 1 is 1.42 bits per heavy atom. The molecular weight excluding hydrogens is 308 g/mol. The zero-order valence-electron chi connectivity index (χ0n) is 14.3. The van der Waals surface area contributed by atoms with E-state index in [1.165, 1.54) is 0 Å². The summed E-state index contributed by atoms with van der Waals surface area (Å²) in [6.07, 6.45) is 4.57. The maximum Gasteiger partial charge on any atom is 0.228 e. The summed E-state index contributed by atoms with van der Waals surface area (Å²) in [4.78, 5) is 27.4. The molecule has 6 aliphatic rings. The van der Waals surface area contributed by atoms with E-state index >= 15 is 0 Å². The molecule has 0 radical (unpaired) electrons. The Labute approximate surface area is 142 Å². The second-order valence-electron chi connectivity index (χ2n) is 7.41. The number of carbonyl (C=O) groups is 2. The molecule has 0 spiro atoms. The van der Waals surface area contributed by atoms with Gasteiger partial charge in [0.25, 0.3) is 0 Å². The first-order valence-corrected chi connectivity index (χ1v) is 9.08. The average molecular weight is 336 g/mol. The van der Waals surface area contributed by atoms with E-state index in [0.29, 0.717) is 25.8 Å². The third-order valence-electron chi connectivity index (χ3n) is 6.08. The highest BCUT2D eigenvalue weighted by Gasteiger charge is 2.63. The maximum absolute atomic E-state index is 12.9. The molecule has 0 aromatic heterocycles. The fourth-order valence-electron chi connectivity index (χ4n) is 4.81. The molecule has 5 heterocycles. The molecule has 6 atom stereocenters. The molecular formula is C18H28N2O4. The Morgan fingerprint density at radius 3 is 2.83 bits per heavy atom. The summed E-state index contributed by atoms with van der Waals surface area (Å²) in [5, 5.41) is 24.9. The Balaban J connectivity index is 2.02. The van der Waals surface area contributed by atoms with Crippen molar-refractivity contribution in [2.24, 2.45) is 11.8 Å². The third kappa shape index (κ3) is 2.47. The summed E-state index contributed by atoms with van der Waals surface area (Å²) in [6.45, 7) is 6.36. The lowest BCUT2D eigenvalue weighted by molar-refractivity contribution is -0.205. The van der Waals surface area contributed by atoms with E-state index in [9.17, 15) is 19.8 Å². The summed E-state index contributed by atoms with van der Waals surface area (Å²) in [5.74, 6) is -1.46. The highest BCUT2D eigenvalue weighted by molar-refractivity contribution is 5.89. The molecule has 6 fully saturated rings. The van der Waals surface area contributed by atoms with Crippen LogP contribution in [-0.4, -0.2) is 57.3 Å². The average Bonchev–Trinajstić information content (AvgIpc) is 2.54. The molecule has 134 valence electrons. The number of unbranched alkanes of at least 4 members (excludes halogenated alkanes) is 1. The van der Waals surface area contributed by atoms with Crippen molar-refractivity contribution in [3.63, 3.8) is 0 Å². The van der Waals surface area contributed by atoms with Crippen molar-refractivity contribution in [2.45, 2.75) is 69.2 Å². The molecule has 6 rings (SSSR count). The van der Waals surface area contributed by atoms with Crippen LogP contribution in [0.2, 0.25) is 0 Å². The largest absolute Gasteiger partial charge is 0.388 e. The Bertz CT molecular complexity index is 537. The Morgan fingerprint density at radius 2 is 2.17 bits per heavy atom. The topological polar surface area (TPSA) is 89.9 Å². The predicted molar refractivity (Wildman–Crippen MR) is 88.9 cm³/mol. The second-order valence-corrected chi connectivity index (χ2v) is 7.41. The number of hydrogen-bond acceptors (Lipinski definition) is 4. The number of amides is 2. The number of aliphatic hydroxyl groups is 2. The SMILES string of the molecule is C=CCC[C@]1(O)[C@@H]2C(=O)N[C@@H]([C@H]3CC[C@@H]2N(CCCC)C3=O)[C@@H]1O. The zero-order chi connectivity index (χ0) is 17.5. The third-order valence-corrected chi connectivity index (χ3v) is 6.08. The Kier molecular flexibility index (Phi) is 4.71. The number of aliphatic hydroxyl groups excluding tert-OH is 1. The van der Waals surface area contributed by atoms with Gasteiger partial charge in [-0.25, -0.2) is 0 Å². The molecule has 1 aliphatic carbocycles. The van der Waals surface area contributed by atoms with Crippen LogP contribution >= 0.6 is 0 Å². The van der Waals surface area contributed by atoms with E-state index in [1.807, 2.05) is 0 Å². The van der Waals surface area contributed by atoms with Gasteiger partial charge in [-0.1, -0.05) is 19.4 Å². The molecule has 4 bridgehead atoms. The van der Waals surface area contributed by atoms with E-state index < -0.39 is 29.6 Å². The first-order chi connectivity index (χ1) is 11.5. The fraction of sp³-hybridized carbons (Fsp3) is 0.778. The second kappa shape index (κ2) is 6.48. The summed E-state index contributed by atoms with van der Waals surface area (Å²) in [7, 11) is 0. The van der Waals surface area contributed by atoms with Crippen LogP contribution < -0.4 is 5.32 Å². The van der Waals surface area contributed by atoms with Crippen LogP contribution in [0, 0.1) is 11.8 Å². The standard InChI is InChI=1S/C18H28N2O4/c1-3-5-9-18(24)13-12-8-7-11(14(15(18)21)19-16(13)22)17(23)20(12)10-6-4-2/h3,11-15,21,24H,1,4-10H2,2H3,(H,19,22)/t11-,12+,13+,14+,15+,18+/m1/s1. The minimum atomic E-state index is -1.50. The minimum absolute atomic E-state index is 0.0134. The summed E-state index contributed by atoms with van der Waals surface area (Å²) in [6, 6.07) is -1.05. The van der Waals surface area contributed by atoms with Gasteiger partial charge in [-0.3, -0.25) is 9.59 Å². The lowest BCUT2D eigenvalue weighted by atomic mass is 9.61. The number of nitrogens with one attached hydrogen (secondary N) is 1. The van der Waals surface area contributed by atoms with Crippen LogP contribution in [-0.2, 0) is 9.59 Å². The van der Waals surface area contributed by atoms with Gasteiger partial charge in [-0.05, 0) is 32.1 Å². The number of carbonyl (C=O) groups excluding carboxylic acids is 2. The van der Waals surface area contributed by atoms with Crippen LogP contribution in [0.5, 0.6) is 0 Å². The number of rotatable bonds is 6. The first-order valence-electron chi connectivity index (χ1n) is 9.08. The lowest BCUT2D eigenvalue weighted by Crippen LogP contribution is -2.78. The number of allylic oxidation sites excluding steroid dienone is 1. The van der Waals surface area contributed by atoms with Crippen molar-refractivity contribution in [3.05, 3.63) is 12.7 Å². The van der Waals surface area contributed by atoms with Gasteiger partial charge in [0.05, 0.1) is 17.9 Å². The lowest BCUT2D eigenvalue weighted by Gasteiger charge is -2.58. The van der Waals surface area contributed by atoms with Crippen LogP contribution in [0.15, 0.2) is 12.7 Å². The van der Waals surface area contributed by atoms with Crippen molar-refractivity contribution >= 4 is 11.8 Å². The molecule has 0 aromatic rings. The van der Waals surface area contributed by atoms with E-state index in [0.717, 1.165) is 12.8 Å². The van der Waals surface area contributed by atoms with Crippen molar-refractivity contribution in [1.29, 1.82) is 0 Å². The van der Waals surface area contributed by atoms with Gasteiger partial charge in [-0.2, -0.15) is 0 Å². The summed E-state index contributed by atoms with van der Waals surface area (Å²) < 4.78 is 0. The van der Waals surface area contributed by atoms with E-state index in [1.54, 1.807) is 11.0 Å². The fourth-order valence-corrected chi connectivity index (χ4v) is 4.81. The van der Waals surface area contributed by atoms with Gasteiger partial charge in [0.15, 0.2) is 0 Å². The molecule has 6 heteroatoms.